The lowest BCUT2D eigenvalue weighted by Crippen LogP contribution is -2.28. The third-order valence-electron chi connectivity index (χ3n) is 13.9. The lowest BCUT2D eigenvalue weighted by molar-refractivity contribution is 0.487. The zero-order valence-electron chi connectivity index (χ0n) is 37.2. The fourth-order valence-corrected chi connectivity index (χ4v) is 11.0. The Morgan fingerprint density at radius 1 is 0.294 bits per heavy atom. The van der Waals surface area contributed by atoms with Crippen molar-refractivity contribution in [2.45, 2.75) is 5.41 Å². The molecule has 3 nitrogen and oxygen atoms in total. The highest BCUT2D eigenvalue weighted by Gasteiger charge is 2.46. The van der Waals surface area contributed by atoms with Gasteiger partial charge in [0.2, 0.25) is 0 Å². The molecule has 0 spiro atoms. The summed E-state index contributed by atoms with van der Waals surface area (Å²) in [5.41, 5.74) is 18.0. The second-order valence-corrected chi connectivity index (χ2v) is 17.6. The van der Waals surface area contributed by atoms with Gasteiger partial charge in [-0.1, -0.05) is 188 Å². The topological polar surface area (TPSA) is 15.7 Å². The van der Waals surface area contributed by atoms with Crippen molar-refractivity contribution >= 4 is 44.9 Å². The zero-order chi connectivity index (χ0) is 45.0. The molecule has 1 heterocycles. The van der Waals surface area contributed by atoms with Crippen LogP contribution in [0.1, 0.15) is 22.3 Å². The molecule has 320 valence electrons. The first-order valence-corrected chi connectivity index (χ1v) is 23.3. The first-order chi connectivity index (χ1) is 33.7. The summed E-state index contributed by atoms with van der Waals surface area (Å²) in [5, 5.41) is 2.19. The highest BCUT2D eigenvalue weighted by Crippen LogP contribution is 2.58. The molecule has 2 aliphatic rings. The van der Waals surface area contributed by atoms with Gasteiger partial charge >= 0.3 is 0 Å². The Bertz CT molecular complexity index is 3550. The molecular formula is C65H44N2O. The summed E-state index contributed by atoms with van der Waals surface area (Å²) in [7, 11) is 0. The molecular weight excluding hydrogens is 825 g/mol. The molecule has 0 bridgehead atoms. The van der Waals surface area contributed by atoms with Crippen molar-refractivity contribution in [1.29, 1.82) is 0 Å². The number of para-hydroxylation sites is 2. The van der Waals surface area contributed by atoms with E-state index in [1.165, 1.54) is 44.5 Å². The lowest BCUT2D eigenvalue weighted by Gasteiger charge is -2.34. The van der Waals surface area contributed by atoms with E-state index in [-0.39, 0.29) is 0 Å². The smallest absolute Gasteiger partial charge is 0.136 e. The molecule has 1 aliphatic heterocycles. The van der Waals surface area contributed by atoms with E-state index in [0.717, 1.165) is 67.5 Å². The number of hydrogen-bond donors (Lipinski definition) is 0. The first kappa shape index (κ1) is 39.4. The van der Waals surface area contributed by atoms with E-state index in [9.17, 15) is 0 Å². The SMILES string of the molecule is c1ccc(-c2ccc(N(c3ccc4c(c3)-c3ccccc3C4(c3ccccc3)c3ccccc3)c3ccc4c5c(cccc35)-c3cc(N(c5ccccc5)c5ccccc5)ccc3O4)cc2)cc1. The maximum absolute atomic E-state index is 6.88. The van der Waals surface area contributed by atoms with Gasteiger partial charge in [0.1, 0.15) is 11.5 Å². The van der Waals surface area contributed by atoms with Gasteiger partial charge in [-0.2, -0.15) is 0 Å². The molecule has 0 saturated carbocycles. The Morgan fingerprint density at radius 3 is 1.46 bits per heavy atom. The molecule has 0 radical (unpaired) electrons. The molecule has 3 heteroatoms. The molecule has 13 rings (SSSR count). The fraction of sp³-hybridized carbons (Fsp3) is 0.0154. The van der Waals surface area contributed by atoms with Crippen LogP contribution in [0.15, 0.2) is 267 Å². The summed E-state index contributed by atoms with van der Waals surface area (Å²) in [4.78, 5) is 4.74. The number of fused-ring (bicyclic) bond motifs is 5. The Balaban J connectivity index is 1.01. The van der Waals surface area contributed by atoms with Crippen LogP contribution < -0.4 is 14.5 Å². The van der Waals surface area contributed by atoms with Crippen LogP contribution in [-0.4, -0.2) is 0 Å². The van der Waals surface area contributed by atoms with Crippen LogP contribution in [-0.2, 0) is 5.41 Å². The van der Waals surface area contributed by atoms with Crippen molar-refractivity contribution in [2.24, 2.45) is 0 Å². The van der Waals surface area contributed by atoms with Crippen molar-refractivity contribution in [2.75, 3.05) is 9.80 Å². The van der Waals surface area contributed by atoms with Crippen LogP contribution in [0.2, 0.25) is 0 Å². The summed E-state index contributed by atoms with van der Waals surface area (Å²) < 4.78 is 6.88. The van der Waals surface area contributed by atoms with E-state index in [1.807, 2.05) is 0 Å². The van der Waals surface area contributed by atoms with Gasteiger partial charge in [0.05, 0.1) is 11.1 Å². The first-order valence-electron chi connectivity index (χ1n) is 23.3. The second kappa shape index (κ2) is 16.2. The molecule has 0 aromatic heterocycles. The number of hydrogen-bond acceptors (Lipinski definition) is 3. The standard InChI is InChI=1S/C65H44N2O/c1-6-19-45(20-7-1)46-33-35-51(36-34-46)67(53-37-39-60-57(43-53)54-29-16-17-32-59(54)65(60,47-21-8-2-9-22-47)48-23-10-3-11-24-48)61-40-42-63-64-55(30-18-31-56(61)64)58-44-52(38-41-62(58)68-63)66(49-25-12-4-13-26-49)50-27-14-5-15-28-50/h1-44H. The van der Waals surface area contributed by atoms with E-state index < -0.39 is 5.41 Å². The Hall–Kier alpha value is -8.92. The highest BCUT2D eigenvalue weighted by molar-refractivity contribution is 6.11. The number of rotatable bonds is 9. The van der Waals surface area contributed by atoms with Crippen molar-refractivity contribution in [3.05, 3.63) is 289 Å². The van der Waals surface area contributed by atoms with Crippen LogP contribution in [0.3, 0.4) is 0 Å². The van der Waals surface area contributed by atoms with Gasteiger partial charge in [0.25, 0.3) is 0 Å². The van der Waals surface area contributed by atoms with Crippen LogP contribution in [0.25, 0.3) is 44.2 Å². The number of anilines is 6. The van der Waals surface area contributed by atoms with Crippen molar-refractivity contribution < 1.29 is 4.74 Å². The van der Waals surface area contributed by atoms with Gasteiger partial charge < -0.3 is 14.5 Å². The molecule has 0 saturated heterocycles. The Labute approximate surface area is 397 Å². The van der Waals surface area contributed by atoms with Crippen LogP contribution in [0.4, 0.5) is 34.1 Å². The second-order valence-electron chi connectivity index (χ2n) is 17.6. The maximum Gasteiger partial charge on any atom is 0.136 e. The van der Waals surface area contributed by atoms with Crippen molar-refractivity contribution in [3.8, 4) is 44.9 Å². The zero-order valence-corrected chi connectivity index (χ0v) is 37.2. The molecule has 1 aliphatic carbocycles. The quantitative estimate of drug-likeness (QED) is 0.144. The van der Waals surface area contributed by atoms with E-state index in [0.29, 0.717) is 0 Å². The van der Waals surface area contributed by atoms with Gasteiger partial charge in [-0.3, -0.25) is 0 Å². The molecule has 11 aromatic rings. The lowest BCUT2D eigenvalue weighted by atomic mass is 9.68. The normalized spacial score (nSPS) is 12.6. The average Bonchev–Trinajstić information content (AvgIpc) is 3.71. The third-order valence-corrected chi connectivity index (χ3v) is 13.9. The molecule has 68 heavy (non-hydrogen) atoms. The molecule has 0 unspecified atom stereocenters. The summed E-state index contributed by atoms with van der Waals surface area (Å²) in [6, 6.07) is 96.5. The minimum Gasteiger partial charge on any atom is -0.456 e. The largest absolute Gasteiger partial charge is 0.456 e. The van der Waals surface area contributed by atoms with Crippen molar-refractivity contribution in [3.63, 3.8) is 0 Å². The summed E-state index contributed by atoms with van der Waals surface area (Å²) in [6.07, 6.45) is 0. The summed E-state index contributed by atoms with van der Waals surface area (Å²) in [5.74, 6) is 1.69. The minimum absolute atomic E-state index is 0.491. The van der Waals surface area contributed by atoms with Gasteiger partial charge in [0, 0.05) is 44.8 Å². The molecule has 0 atom stereocenters. The Morgan fingerprint density at radius 2 is 0.779 bits per heavy atom. The number of benzene rings is 11. The fourth-order valence-electron chi connectivity index (χ4n) is 11.0. The predicted octanol–water partition coefficient (Wildman–Crippen LogP) is 17.6. The van der Waals surface area contributed by atoms with E-state index in [1.54, 1.807) is 0 Å². The van der Waals surface area contributed by atoms with Crippen LogP contribution in [0, 0.1) is 0 Å². The van der Waals surface area contributed by atoms with E-state index in [2.05, 4.69) is 277 Å². The van der Waals surface area contributed by atoms with Gasteiger partial charge in [0.15, 0.2) is 0 Å². The molecule has 0 N–H and O–H groups in total. The summed E-state index contributed by atoms with van der Waals surface area (Å²) >= 11 is 0. The third kappa shape index (κ3) is 6.28. The number of nitrogens with zero attached hydrogens (tertiary/aromatic N) is 2. The Kier molecular flexibility index (Phi) is 9.40. The van der Waals surface area contributed by atoms with E-state index >= 15 is 0 Å². The van der Waals surface area contributed by atoms with Crippen LogP contribution in [0.5, 0.6) is 11.5 Å². The molecule has 11 aromatic carbocycles. The van der Waals surface area contributed by atoms with Gasteiger partial charge in [-0.25, -0.2) is 0 Å². The molecule has 0 amide bonds. The van der Waals surface area contributed by atoms with E-state index in [4.69, 9.17) is 4.74 Å². The number of ether oxygens (including phenoxy) is 1. The van der Waals surface area contributed by atoms with Crippen molar-refractivity contribution in [1.82, 2.24) is 0 Å². The van der Waals surface area contributed by atoms with Gasteiger partial charge in [-0.15, -0.1) is 0 Å². The van der Waals surface area contributed by atoms with Crippen LogP contribution >= 0.6 is 0 Å². The summed E-state index contributed by atoms with van der Waals surface area (Å²) in [6.45, 7) is 0. The predicted molar refractivity (Wildman–Crippen MR) is 282 cm³/mol. The average molecular weight is 869 g/mol. The highest BCUT2D eigenvalue weighted by atomic mass is 16.5. The van der Waals surface area contributed by atoms with Gasteiger partial charge in [-0.05, 0) is 129 Å². The molecule has 0 fully saturated rings. The minimum atomic E-state index is -0.491. The maximum atomic E-state index is 6.88. The monoisotopic (exact) mass is 868 g/mol.